The molecule has 6 heteroatoms. The molecule has 1 aromatic heterocycles. The number of benzene rings is 2. The Balaban J connectivity index is 2.39. The van der Waals surface area contributed by atoms with Gasteiger partial charge in [0.25, 0.3) is 5.56 Å². The van der Waals surface area contributed by atoms with Gasteiger partial charge in [-0.1, -0.05) is 0 Å². The lowest BCUT2D eigenvalue weighted by Crippen LogP contribution is -2.40. The lowest BCUT2D eigenvalue weighted by Gasteiger charge is -2.07. The lowest BCUT2D eigenvalue weighted by molar-refractivity contribution is -0.254. The summed E-state index contributed by atoms with van der Waals surface area (Å²) >= 11 is 0. The third kappa shape index (κ3) is 2.15. The number of hydrogen-bond acceptors (Lipinski definition) is 2. The van der Waals surface area contributed by atoms with E-state index in [1.54, 1.807) is 31.2 Å². The highest BCUT2D eigenvalue weighted by Crippen LogP contribution is 2.14. The Morgan fingerprint density at radius 2 is 1.81 bits per heavy atom. The van der Waals surface area contributed by atoms with E-state index in [-0.39, 0.29) is 10.9 Å². The standard InChI is InChI=1S/C15H12FN3O2/c1-8-6-11-13(7-12(8)16)18-15(21)19(14(11)20)10-4-2-9(17)3-5-10/h2-7H,17H2,1H3,(H,18,21)/p+1. The number of fused-ring (bicyclic) bond motifs is 1. The van der Waals surface area contributed by atoms with Crippen LogP contribution in [-0.4, -0.2) is 9.55 Å². The second kappa shape index (κ2) is 4.68. The number of halogens is 1. The smallest absolute Gasteiger partial charge is 0.325 e. The van der Waals surface area contributed by atoms with Crippen LogP contribution in [0.1, 0.15) is 5.56 Å². The molecule has 1 heterocycles. The van der Waals surface area contributed by atoms with Gasteiger partial charge in [0.2, 0.25) is 0 Å². The Morgan fingerprint density at radius 1 is 1.14 bits per heavy atom. The molecule has 2 aromatic carbocycles. The van der Waals surface area contributed by atoms with Crippen LogP contribution >= 0.6 is 0 Å². The highest BCUT2D eigenvalue weighted by molar-refractivity contribution is 5.78. The number of quaternary nitrogens is 1. The summed E-state index contributed by atoms with van der Waals surface area (Å²) in [5.74, 6) is -0.461. The first kappa shape index (κ1) is 13.3. The molecule has 0 aliphatic rings. The Bertz CT molecular complexity index is 956. The highest BCUT2D eigenvalue weighted by Gasteiger charge is 2.11. The molecule has 5 nitrogen and oxygen atoms in total. The van der Waals surface area contributed by atoms with E-state index in [2.05, 4.69) is 10.7 Å². The third-order valence-corrected chi connectivity index (χ3v) is 3.37. The highest BCUT2D eigenvalue weighted by atomic mass is 19.1. The molecule has 0 saturated heterocycles. The number of rotatable bonds is 1. The Hall–Kier alpha value is -2.73. The fourth-order valence-corrected chi connectivity index (χ4v) is 2.23. The molecule has 0 saturated carbocycles. The summed E-state index contributed by atoms with van der Waals surface area (Å²) < 4.78 is 14.6. The molecule has 4 N–H and O–H groups in total. The number of hydrogen-bond donors (Lipinski definition) is 2. The van der Waals surface area contributed by atoms with Crippen LogP contribution in [0.3, 0.4) is 0 Å². The van der Waals surface area contributed by atoms with Crippen molar-refractivity contribution < 1.29 is 10.1 Å². The van der Waals surface area contributed by atoms with Crippen LogP contribution in [0.2, 0.25) is 0 Å². The van der Waals surface area contributed by atoms with Crippen molar-refractivity contribution in [3.63, 3.8) is 0 Å². The molecular weight excluding hydrogens is 273 g/mol. The van der Waals surface area contributed by atoms with Crippen LogP contribution in [-0.2, 0) is 0 Å². The van der Waals surface area contributed by atoms with Gasteiger partial charge in [0.05, 0.1) is 16.6 Å². The number of aryl methyl sites for hydroxylation is 1. The minimum Gasteiger partial charge on any atom is -0.325 e. The molecule has 3 rings (SSSR count). The van der Waals surface area contributed by atoms with E-state index in [1.807, 2.05) is 0 Å². The maximum Gasteiger partial charge on any atom is 0.333 e. The zero-order chi connectivity index (χ0) is 15.1. The van der Waals surface area contributed by atoms with E-state index in [1.165, 1.54) is 6.07 Å². The molecule has 0 amide bonds. The fourth-order valence-electron chi connectivity index (χ4n) is 2.23. The molecule has 0 radical (unpaired) electrons. The predicted octanol–water partition coefficient (Wildman–Crippen LogP) is 1.000. The van der Waals surface area contributed by atoms with Crippen LogP contribution in [0.4, 0.5) is 10.1 Å². The van der Waals surface area contributed by atoms with Gasteiger partial charge in [0.15, 0.2) is 0 Å². The van der Waals surface area contributed by atoms with Gasteiger partial charge in [-0.2, -0.15) is 0 Å². The monoisotopic (exact) mass is 286 g/mol. The van der Waals surface area contributed by atoms with Gasteiger partial charge in [-0.3, -0.25) is 4.79 Å². The first-order chi connectivity index (χ1) is 9.97. The number of H-pyrrole nitrogens is 1. The van der Waals surface area contributed by atoms with Crippen LogP contribution < -0.4 is 17.0 Å². The topological polar surface area (TPSA) is 82.5 Å². The van der Waals surface area contributed by atoms with Crippen molar-refractivity contribution in [3.8, 4) is 5.69 Å². The van der Waals surface area contributed by atoms with E-state index < -0.39 is 17.1 Å². The molecule has 0 unspecified atom stereocenters. The van der Waals surface area contributed by atoms with E-state index in [9.17, 15) is 14.0 Å². The summed E-state index contributed by atoms with van der Waals surface area (Å²) in [5.41, 5.74) is 4.44. The first-order valence-electron chi connectivity index (χ1n) is 6.35. The number of nitrogens with zero attached hydrogens (tertiary/aromatic N) is 1. The summed E-state index contributed by atoms with van der Waals surface area (Å²) in [6.45, 7) is 1.57. The maximum absolute atomic E-state index is 13.5. The summed E-state index contributed by atoms with van der Waals surface area (Å²) in [6, 6.07) is 9.30. The molecule has 0 aliphatic carbocycles. The second-order valence-electron chi connectivity index (χ2n) is 4.88. The van der Waals surface area contributed by atoms with E-state index in [0.29, 0.717) is 11.3 Å². The summed E-state index contributed by atoms with van der Waals surface area (Å²) in [6.07, 6.45) is 0. The minimum absolute atomic E-state index is 0.193. The minimum atomic E-state index is -0.604. The maximum atomic E-state index is 13.5. The molecule has 0 fully saturated rings. The number of nitrogens with one attached hydrogen (secondary N) is 1. The van der Waals surface area contributed by atoms with Crippen molar-refractivity contribution in [3.05, 3.63) is 68.6 Å². The Labute approximate surface area is 118 Å². The van der Waals surface area contributed by atoms with Gasteiger partial charge in [-0.15, -0.1) is 0 Å². The van der Waals surface area contributed by atoms with Crippen LogP contribution in [0.15, 0.2) is 46.0 Å². The normalized spacial score (nSPS) is 11.0. The summed E-state index contributed by atoms with van der Waals surface area (Å²) in [5, 5.41) is 0.271. The average Bonchev–Trinajstić information content (AvgIpc) is 2.43. The summed E-state index contributed by atoms with van der Waals surface area (Å²) in [4.78, 5) is 27.1. The molecular formula is C15H13FN3O2+. The quantitative estimate of drug-likeness (QED) is 0.699. The van der Waals surface area contributed by atoms with Crippen molar-refractivity contribution in [2.75, 3.05) is 0 Å². The van der Waals surface area contributed by atoms with Crippen LogP contribution in [0.5, 0.6) is 0 Å². The van der Waals surface area contributed by atoms with Gasteiger partial charge in [0.1, 0.15) is 11.5 Å². The van der Waals surface area contributed by atoms with E-state index >= 15 is 0 Å². The van der Waals surface area contributed by atoms with Gasteiger partial charge < -0.3 is 10.7 Å². The zero-order valence-electron chi connectivity index (χ0n) is 11.3. The number of aromatic amines is 1. The zero-order valence-corrected chi connectivity index (χ0v) is 11.3. The molecule has 0 atom stereocenters. The van der Waals surface area contributed by atoms with E-state index in [4.69, 9.17) is 0 Å². The van der Waals surface area contributed by atoms with Crippen LogP contribution in [0, 0.1) is 12.7 Å². The van der Waals surface area contributed by atoms with Crippen molar-refractivity contribution >= 4 is 16.6 Å². The van der Waals surface area contributed by atoms with Crippen molar-refractivity contribution in [2.24, 2.45) is 0 Å². The van der Waals surface area contributed by atoms with Crippen LogP contribution in [0.25, 0.3) is 16.6 Å². The molecule has 21 heavy (non-hydrogen) atoms. The van der Waals surface area contributed by atoms with Crippen molar-refractivity contribution in [2.45, 2.75) is 6.92 Å². The molecule has 0 aliphatic heterocycles. The lowest BCUT2D eigenvalue weighted by atomic mass is 10.1. The number of aromatic nitrogens is 2. The third-order valence-electron chi connectivity index (χ3n) is 3.37. The van der Waals surface area contributed by atoms with Gasteiger partial charge in [-0.25, -0.2) is 13.8 Å². The molecule has 106 valence electrons. The largest absolute Gasteiger partial charge is 0.333 e. The van der Waals surface area contributed by atoms with E-state index in [0.717, 1.165) is 16.3 Å². The molecule has 0 spiro atoms. The Morgan fingerprint density at radius 3 is 2.48 bits per heavy atom. The predicted molar refractivity (Wildman–Crippen MR) is 77.4 cm³/mol. The summed E-state index contributed by atoms with van der Waals surface area (Å²) in [7, 11) is 0. The van der Waals surface area contributed by atoms with Crippen molar-refractivity contribution in [1.29, 1.82) is 0 Å². The average molecular weight is 286 g/mol. The SMILES string of the molecule is Cc1cc2c(=O)n(-c3ccc([NH3+])cc3)c(=O)[nH]c2cc1F. The molecule has 3 aromatic rings. The van der Waals surface area contributed by atoms with Gasteiger partial charge in [-0.05, 0) is 36.8 Å². The van der Waals surface area contributed by atoms with Gasteiger partial charge in [0, 0.05) is 12.1 Å². The van der Waals surface area contributed by atoms with Crippen molar-refractivity contribution in [1.82, 2.24) is 9.55 Å². The molecule has 0 bridgehead atoms. The second-order valence-corrected chi connectivity index (χ2v) is 4.88. The first-order valence-corrected chi connectivity index (χ1v) is 6.35. The fraction of sp³-hybridized carbons (Fsp3) is 0.0667. The Kier molecular flexibility index (Phi) is 2.95. The van der Waals surface area contributed by atoms with Gasteiger partial charge >= 0.3 is 5.69 Å².